The van der Waals surface area contributed by atoms with Crippen LogP contribution in [0.4, 0.5) is 5.69 Å². The van der Waals surface area contributed by atoms with Gasteiger partial charge in [0.25, 0.3) is 0 Å². The first kappa shape index (κ1) is 13.0. The number of anilines is 1. The molecule has 90 valence electrons. The van der Waals surface area contributed by atoms with Gasteiger partial charge in [0.1, 0.15) is 0 Å². The van der Waals surface area contributed by atoms with Gasteiger partial charge in [0.05, 0.1) is 18.7 Å². The van der Waals surface area contributed by atoms with Crippen LogP contribution in [-0.4, -0.2) is 27.2 Å². The Bertz CT molecular complexity index is 543. The van der Waals surface area contributed by atoms with E-state index < -0.39 is 21.7 Å². The highest BCUT2D eigenvalue weighted by Crippen LogP contribution is 2.10. The first-order valence-corrected chi connectivity index (χ1v) is 6.19. The van der Waals surface area contributed by atoms with Crippen molar-refractivity contribution < 1.29 is 17.9 Å². The first-order valence-electron chi connectivity index (χ1n) is 4.54. The predicted octanol–water partition coefficient (Wildman–Crippen LogP) is 0.473. The van der Waals surface area contributed by atoms with Gasteiger partial charge >= 0.3 is 5.97 Å². The number of sulfonamides is 1. The van der Waals surface area contributed by atoms with Crippen LogP contribution >= 0.6 is 0 Å². The fourth-order valence-electron chi connectivity index (χ4n) is 1.04. The summed E-state index contributed by atoms with van der Waals surface area (Å²) in [6, 6.07) is 7.72. The summed E-state index contributed by atoms with van der Waals surface area (Å²) in [4.78, 5) is 10.8. The van der Waals surface area contributed by atoms with Crippen molar-refractivity contribution >= 4 is 21.7 Å². The third-order valence-electron chi connectivity index (χ3n) is 1.82. The summed E-state index contributed by atoms with van der Waals surface area (Å²) < 4.78 is 29.3. The maximum absolute atomic E-state index is 11.4. The van der Waals surface area contributed by atoms with Crippen molar-refractivity contribution in [2.75, 3.05) is 17.6 Å². The second kappa shape index (κ2) is 5.32. The Balaban J connectivity index is 2.77. The van der Waals surface area contributed by atoms with Crippen LogP contribution in [0.25, 0.3) is 0 Å². The highest BCUT2D eigenvalue weighted by atomic mass is 32.2. The molecule has 0 bridgehead atoms. The molecule has 1 N–H and O–H groups in total. The highest BCUT2D eigenvalue weighted by Gasteiger charge is 2.16. The number of rotatable bonds is 4. The number of hydrogen-bond donors (Lipinski definition) is 1. The largest absolute Gasteiger partial charge is 0.468 e. The van der Waals surface area contributed by atoms with Crippen LogP contribution in [0.1, 0.15) is 5.56 Å². The molecule has 7 heteroatoms. The monoisotopic (exact) mass is 254 g/mol. The molecule has 0 atom stereocenters. The van der Waals surface area contributed by atoms with Gasteiger partial charge in [0.15, 0.2) is 5.75 Å². The Morgan fingerprint density at radius 2 is 2.00 bits per heavy atom. The quantitative estimate of drug-likeness (QED) is 0.788. The van der Waals surface area contributed by atoms with E-state index in [9.17, 15) is 13.2 Å². The van der Waals surface area contributed by atoms with Gasteiger partial charge in [-0.3, -0.25) is 9.52 Å². The third-order valence-corrected chi connectivity index (χ3v) is 2.99. The molecule has 0 saturated carbocycles. The molecule has 0 saturated heterocycles. The minimum Gasteiger partial charge on any atom is -0.468 e. The number of esters is 1. The number of ether oxygens (including phenoxy) is 1. The van der Waals surface area contributed by atoms with E-state index in [0.29, 0.717) is 5.56 Å². The van der Waals surface area contributed by atoms with E-state index in [0.717, 1.165) is 7.11 Å². The second-order valence-electron chi connectivity index (χ2n) is 3.13. The molecular formula is C10H10N2O4S. The summed E-state index contributed by atoms with van der Waals surface area (Å²) >= 11 is 0. The van der Waals surface area contributed by atoms with E-state index in [1.54, 1.807) is 0 Å². The standard InChI is InChI=1S/C10H10N2O4S/c1-16-10(13)7-17(14,15)12-9-4-2-8(6-11)3-5-9/h2-5,12H,7H2,1H3. The maximum Gasteiger partial charge on any atom is 0.322 e. The molecule has 0 heterocycles. The van der Waals surface area contributed by atoms with Crippen molar-refractivity contribution in [2.45, 2.75) is 0 Å². The fraction of sp³-hybridized carbons (Fsp3) is 0.200. The number of nitrogens with zero attached hydrogens (tertiary/aromatic N) is 1. The summed E-state index contributed by atoms with van der Waals surface area (Å²) in [5.41, 5.74) is 0.703. The van der Waals surface area contributed by atoms with Gasteiger partial charge in [-0.25, -0.2) is 8.42 Å². The van der Waals surface area contributed by atoms with Gasteiger partial charge in [-0.05, 0) is 24.3 Å². The van der Waals surface area contributed by atoms with E-state index in [1.807, 2.05) is 6.07 Å². The minimum absolute atomic E-state index is 0.285. The molecule has 0 aliphatic rings. The second-order valence-corrected chi connectivity index (χ2v) is 4.85. The van der Waals surface area contributed by atoms with E-state index in [2.05, 4.69) is 9.46 Å². The lowest BCUT2D eigenvalue weighted by atomic mass is 10.2. The van der Waals surface area contributed by atoms with Crippen LogP contribution in [0.2, 0.25) is 0 Å². The van der Waals surface area contributed by atoms with Gasteiger partial charge < -0.3 is 4.74 Å². The summed E-state index contributed by atoms with van der Waals surface area (Å²) in [6.45, 7) is 0. The first-order chi connectivity index (χ1) is 7.96. The van der Waals surface area contributed by atoms with Crippen LogP contribution in [-0.2, 0) is 19.6 Å². The molecule has 0 aromatic heterocycles. The Kier molecular flexibility index (Phi) is 4.06. The number of hydrogen-bond acceptors (Lipinski definition) is 5. The van der Waals surface area contributed by atoms with E-state index >= 15 is 0 Å². The average molecular weight is 254 g/mol. The number of nitriles is 1. The number of methoxy groups -OCH3 is 1. The van der Waals surface area contributed by atoms with Crippen molar-refractivity contribution in [3.8, 4) is 6.07 Å². The minimum atomic E-state index is -3.77. The number of nitrogens with one attached hydrogen (secondary N) is 1. The van der Waals surface area contributed by atoms with Crippen LogP contribution in [0.3, 0.4) is 0 Å². The molecule has 0 aliphatic carbocycles. The number of benzene rings is 1. The molecule has 0 aliphatic heterocycles. The third kappa shape index (κ3) is 4.12. The molecule has 0 spiro atoms. The van der Waals surface area contributed by atoms with E-state index in [-0.39, 0.29) is 5.69 Å². The van der Waals surface area contributed by atoms with Crippen LogP contribution in [0.15, 0.2) is 24.3 Å². The topological polar surface area (TPSA) is 96.3 Å². The molecular weight excluding hydrogens is 244 g/mol. The van der Waals surface area contributed by atoms with Crippen molar-refractivity contribution in [3.63, 3.8) is 0 Å². The molecule has 1 aromatic rings. The molecule has 1 rings (SSSR count). The Morgan fingerprint density at radius 3 is 2.47 bits per heavy atom. The summed E-state index contributed by atoms with van der Waals surface area (Å²) in [5.74, 6) is -1.59. The van der Waals surface area contributed by atoms with Gasteiger partial charge in [0, 0.05) is 5.69 Å². The molecule has 0 radical (unpaired) electrons. The van der Waals surface area contributed by atoms with Crippen LogP contribution in [0, 0.1) is 11.3 Å². The maximum atomic E-state index is 11.4. The Labute approximate surface area is 98.9 Å². The average Bonchev–Trinajstić information content (AvgIpc) is 2.28. The number of carbonyl (C=O) groups excluding carboxylic acids is 1. The lowest BCUT2D eigenvalue weighted by Crippen LogP contribution is -2.23. The number of carbonyl (C=O) groups is 1. The van der Waals surface area contributed by atoms with Crippen LogP contribution < -0.4 is 4.72 Å². The van der Waals surface area contributed by atoms with Gasteiger partial charge in [0.2, 0.25) is 10.0 Å². The molecule has 17 heavy (non-hydrogen) atoms. The highest BCUT2D eigenvalue weighted by molar-refractivity contribution is 7.93. The molecule has 0 fully saturated rings. The van der Waals surface area contributed by atoms with Gasteiger partial charge in [-0.15, -0.1) is 0 Å². The lowest BCUT2D eigenvalue weighted by Gasteiger charge is -2.06. The zero-order chi connectivity index (χ0) is 12.9. The lowest BCUT2D eigenvalue weighted by molar-refractivity contribution is -0.137. The van der Waals surface area contributed by atoms with Crippen molar-refractivity contribution in [1.82, 2.24) is 0 Å². The van der Waals surface area contributed by atoms with E-state index in [1.165, 1.54) is 24.3 Å². The SMILES string of the molecule is COC(=O)CS(=O)(=O)Nc1ccc(C#N)cc1. The zero-order valence-electron chi connectivity index (χ0n) is 9.00. The predicted molar refractivity (Wildman–Crippen MR) is 60.6 cm³/mol. The molecule has 6 nitrogen and oxygen atoms in total. The van der Waals surface area contributed by atoms with Gasteiger partial charge in [-0.2, -0.15) is 5.26 Å². The van der Waals surface area contributed by atoms with Crippen molar-refractivity contribution in [2.24, 2.45) is 0 Å². The molecule has 0 unspecified atom stereocenters. The Hall–Kier alpha value is -2.07. The van der Waals surface area contributed by atoms with Crippen LogP contribution in [0.5, 0.6) is 0 Å². The van der Waals surface area contributed by atoms with Crippen molar-refractivity contribution in [1.29, 1.82) is 5.26 Å². The van der Waals surface area contributed by atoms with E-state index in [4.69, 9.17) is 5.26 Å². The summed E-state index contributed by atoms with van der Waals surface area (Å²) in [7, 11) is -2.66. The smallest absolute Gasteiger partial charge is 0.322 e. The zero-order valence-corrected chi connectivity index (χ0v) is 9.82. The molecule has 0 amide bonds. The normalized spacial score (nSPS) is 10.4. The Morgan fingerprint density at radius 1 is 1.41 bits per heavy atom. The molecule has 1 aromatic carbocycles. The summed E-state index contributed by atoms with van der Waals surface area (Å²) in [6.07, 6.45) is 0. The van der Waals surface area contributed by atoms with Crippen molar-refractivity contribution in [3.05, 3.63) is 29.8 Å². The summed E-state index contributed by atoms with van der Waals surface area (Å²) in [5, 5.41) is 8.56. The fourth-order valence-corrected chi connectivity index (χ4v) is 2.04. The van der Waals surface area contributed by atoms with Gasteiger partial charge in [-0.1, -0.05) is 0 Å².